The van der Waals surface area contributed by atoms with Gasteiger partial charge in [0, 0.05) is 10.3 Å². The van der Waals surface area contributed by atoms with Gasteiger partial charge in [0.15, 0.2) is 5.75 Å². The Morgan fingerprint density at radius 2 is 1.67 bits per heavy atom. The van der Waals surface area contributed by atoms with Crippen molar-refractivity contribution in [2.75, 3.05) is 0 Å². The Balaban J connectivity index is 3.10. The van der Waals surface area contributed by atoms with Gasteiger partial charge < -0.3 is 4.74 Å². The Kier molecular flexibility index (Phi) is 2.90. The summed E-state index contributed by atoms with van der Waals surface area (Å²) in [7, 11) is 0. The maximum atomic E-state index is 12.3. The normalized spacial score (nSPS) is 13.0. The van der Waals surface area contributed by atoms with Crippen LogP contribution in [0.25, 0.3) is 0 Å². The molecule has 0 fully saturated rings. The third-order valence-corrected chi connectivity index (χ3v) is 2.34. The molecule has 0 bridgehead atoms. The van der Waals surface area contributed by atoms with E-state index in [9.17, 15) is 26.3 Å². The van der Waals surface area contributed by atoms with E-state index in [1.165, 1.54) is 0 Å². The van der Waals surface area contributed by atoms with Crippen molar-refractivity contribution in [3.05, 3.63) is 15.8 Å². The number of rotatable bonds is 1. The molecule has 0 aromatic carbocycles. The van der Waals surface area contributed by atoms with Crippen LogP contribution in [0.1, 0.15) is 10.4 Å². The first-order valence-corrected chi connectivity index (χ1v) is 4.40. The maximum Gasteiger partial charge on any atom is 0.573 e. The summed E-state index contributed by atoms with van der Waals surface area (Å²) in [6.07, 6.45) is -9.96. The highest BCUT2D eigenvalue weighted by Crippen LogP contribution is 2.43. The fraction of sp³-hybridized carbons (Fsp3) is 0.429. The van der Waals surface area contributed by atoms with Crippen molar-refractivity contribution in [1.29, 1.82) is 0 Å². The van der Waals surface area contributed by atoms with Crippen molar-refractivity contribution in [3.8, 4) is 5.75 Å². The average Bonchev–Trinajstić information content (AvgIpc) is 2.25. The lowest BCUT2D eigenvalue weighted by molar-refractivity contribution is -0.276. The number of hydrogen-bond donors (Lipinski definition) is 0. The smallest absolute Gasteiger partial charge is 0.404 e. The van der Waals surface area contributed by atoms with Crippen molar-refractivity contribution >= 4 is 11.3 Å². The van der Waals surface area contributed by atoms with Gasteiger partial charge in [0.2, 0.25) is 0 Å². The number of thiophene rings is 1. The van der Waals surface area contributed by atoms with E-state index in [2.05, 4.69) is 4.74 Å². The van der Waals surface area contributed by atoms with E-state index < -0.39 is 23.9 Å². The van der Waals surface area contributed by atoms with Crippen LogP contribution in [0, 0.1) is 6.92 Å². The van der Waals surface area contributed by atoms with E-state index in [1.54, 1.807) is 0 Å². The molecule has 1 heterocycles. The first-order valence-electron chi connectivity index (χ1n) is 3.52. The SMILES string of the molecule is Cc1scc(OC(F)(F)F)c1C(F)(F)F. The lowest BCUT2D eigenvalue weighted by atomic mass is 10.2. The van der Waals surface area contributed by atoms with Gasteiger partial charge in [-0.25, -0.2) is 0 Å². The van der Waals surface area contributed by atoms with Gasteiger partial charge in [-0.3, -0.25) is 0 Å². The molecule has 8 heteroatoms. The van der Waals surface area contributed by atoms with Crippen LogP contribution in [0.5, 0.6) is 5.75 Å². The first-order chi connectivity index (χ1) is 6.61. The number of hydrogen-bond acceptors (Lipinski definition) is 2. The molecule has 0 saturated carbocycles. The van der Waals surface area contributed by atoms with E-state index >= 15 is 0 Å². The Labute approximate surface area is 84.3 Å². The summed E-state index contributed by atoms with van der Waals surface area (Å²) in [6, 6.07) is 0. The van der Waals surface area contributed by atoms with E-state index in [0.717, 1.165) is 6.92 Å². The summed E-state index contributed by atoms with van der Waals surface area (Å²) >= 11 is 0.554. The van der Waals surface area contributed by atoms with Gasteiger partial charge in [0.1, 0.15) is 5.56 Å². The average molecular weight is 250 g/mol. The molecule has 0 radical (unpaired) electrons. The molecule has 0 saturated heterocycles. The molecule has 86 valence electrons. The molecule has 1 aromatic heterocycles. The Hall–Kier alpha value is -0.920. The van der Waals surface area contributed by atoms with Crippen LogP contribution in [0.2, 0.25) is 0 Å². The molecule has 1 aromatic rings. The minimum Gasteiger partial charge on any atom is -0.404 e. The summed E-state index contributed by atoms with van der Waals surface area (Å²) in [5.41, 5.74) is -1.37. The number of aryl methyl sites for hydroxylation is 1. The lowest BCUT2D eigenvalue weighted by Gasteiger charge is -2.12. The highest BCUT2D eigenvalue weighted by Gasteiger charge is 2.41. The summed E-state index contributed by atoms with van der Waals surface area (Å²) in [4.78, 5) is -0.262. The summed E-state index contributed by atoms with van der Waals surface area (Å²) in [6.45, 7) is 1.08. The van der Waals surface area contributed by atoms with E-state index in [1.807, 2.05) is 0 Å². The van der Waals surface area contributed by atoms with Crippen molar-refractivity contribution in [2.45, 2.75) is 19.5 Å². The van der Waals surface area contributed by atoms with Gasteiger partial charge in [-0.2, -0.15) is 13.2 Å². The molecule has 15 heavy (non-hydrogen) atoms. The third-order valence-electron chi connectivity index (χ3n) is 1.45. The van der Waals surface area contributed by atoms with Crippen molar-refractivity contribution in [2.24, 2.45) is 0 Å². The molecule has 0 N–H and O–H groups in total. The first kappa shape index (κ1) is 12.2. The molecule has 0 aliphatic rings. The zero-order chi connectivity index (χ0) is 11.9. The number of halogens is 6. The second-order valence-corrected chi connectivity index (χ2v) is 3.66. The van der Waals surface area contributed by atoms with Crippen LogP contribution in [0.3, 0.4) is 0 Å². The molecule has 0 aliphatic carbocycles. The monoisotopic (exact) mass is 250 g/mol. The van der Waals surface area contributed by atoms with Crippen LogP contribution in [-0.2, 0) is 6.18 Å². The minimum atomic E-state index is -5.12. The second kappa shape index (κ2) is 3.58. The largest absolute Gasteiger partial charge is 0.573 e. The van der Waals surface area contributed by atoms with Crippen molar-refractivity contribution in [1.82, 2.24) is 0 Å². The topological polar surface area (TPSA) is 9.23 Å². The molecule has 0 amide bonds. The predicted octanol–water partition coefficient (Wildman–Crippen LogP) is 3.97. The van der Waals surface area contributed by atoms with E-state index in [-0.39, 0.29) is 4.88 Å². The van der Waals surface area contributed by atoms with Gasteiger partial charge in [0.05, 0.1) is 0 Å². The Morgan fingerprint density at radius 3 is 2.07 bits per heavy atom. The standard InChI is InChI=1S/C7H4F6OS/c1-3-5(6(8,9)10)4(2-15-3)14-7(11,12)13/h2H,1H3. The lowest BCUT2D eigenvalue weighted by Crippen LogP contribution is -2.19. The zero-order valence-electron chi connectivity index (χ0n) is 7.16. The minimum absolute atomic E-state index is 0.262. The van der Waals surface area contributed by atoms with E-state index in [0.29, 0.717) is 16.7 Å². The fourth-order valence-corrected chi connectivity index (χ4v) is 1.76. The van der Waals surface area contributed by atoms with Crippen LogP contribution in [-0.4, -0.2) is 6.36 Å². The number of alkyl halides is 6. The molecule has 1 nitrogen and oxygen atoms in total. The predicted molar refractivity (Wildman–Crippen MR) is 40.7 cm³/mol. The molecule has 0 spiro atoms. The van der Waals surface area contributed by atoms with Gasteiger partial charge >= 0.3 is 12.5 Å². The van der Waals surface area contributed by atoms with E-state index in [4.69, 9.17) is 0 Å². The summed E-state index contributed by atoms with van der Waals surface area (Å²) in [5, 5.41) is 0.686. The summed E-state index contributed by atoms with van der Waals surface area (Å²) in [5.74, 6) is -1.20. The highest BCUT2D eigenvalue weighted by molar-refractivity contribution is 7.10. The second-order valence-electron chi connectivity index (χ2n) is 2.58. The molecular weight excluding hydrogens is 246 g/mol. The van der Waals surface area contributed by atoms with Crippen LogP contribution >= 0.6 is 11.3 Å². The van der Waals surface area contributed by atoms with Gasteiger partial charge in [0.25, 0.3) is 0 Å². The zero-order valence-corrected chi connectivity index (χ0v) is 7.98. The van der Waals surface area contributed by atoms with Crippen molar-refractivity contribution < 1.29 is 31.1 Å². The van der Waals surface area contributed by atoms with Gasteiger partial charge in [-0.05, 0) is 6.92 Å². The van der Waals surface area contributed by atoms with Crippen molar-refractivity contribution in [3.63, 3.8) is 0 Å². The Morgan fingerprint density at radius 1 is 1.13 bits per heavy atom. The molecule has 0 aliphatic heterocycles. The quantitative estimate of drug-likeness (QED) is 0.685. The summed E-state index contributed by atoms with van der Waals surface area (Å²) < 4.78 is 75.3. The maximum absolute atomic E-state index is 12.3. The Bertz CT molecular complexity index is 349. The van der Waals surface area contributed by atoms with Gasteiger partial charge in [-0.1, -0.05) is 0 Å². The third kappa shape index (κ3) is 3.01. The van der Waals surface area contributed by atoms with Crippen LogP contribution in [0.4, 0.5) is 26.3 Å². The van der Waals surface area contributed by atoms with Gasteiger partial charge in [-0.15, -0.1) is 24.5 Å². The molecular formula is C7H4F6OS. The molecule has 0 atom stereocenters. The molecule has 0 unspecified atom stereocenters. The van der Waals surface area contributed by atoms with Crippen LogP contribution < -0.4 is 4.74 Å². The van der Waals surface area contributed by atoms with Crippen LogP contribution in [0.15, 0.2) is 5.38 Å². The highest BCUT2D eigenvalue weighted by atomic mass is 32.1. The fourth-order valence-electron chi connectivity index (χ4n) is 0.972. The molecule has 1 rings (SSSR count). The number of ether oxygens (including phenoxy) is 1.